The van der Waals surface area contributed by atoms with Crippen LogP contribution >= 0.6 is 0 Å². The Balaban J connectivity index is 2.12. The fourth-order valence-electron chi connectivity index (χ4n) is 2.09. The van der Waals surface area contributed by atoms with Gasteiger partial charge in [-0.15, -0.1) is 0 Å². The molecule has 0 fully saturated rings. The standard InChI is InChI=1S/C16H14N4O5/c1-10-9-13(5-8-15(10)20(24)25)16(21)18-17-11(2)12-3-6-14(7-4-12)19(22)23/h3-9H,1-2H3,(H,18,21)/b17-11+. The lowest BCUT2D eigenvalue weighted by Crippen LogP contribution is -2.19. The van der Waals surface area contributed by atoms with E-state index in [-0.39, 0.29) is 16.9 Å². The number of non-ortho nitro benzene ring substituents is 1. The second-order valence-electron chi connectivity index (χ2n) is 5.20. The first-order chi connectivity index (χ1) is 11.8. The molecule has 0 saturated heterocycles. The summed E-state index contributed by atoms with van der Waals surface area (Å²) in [6.45, 7) is 3.18. The van der Waals surface area contributed by atoms with E-state index >= 15 is 0 Å². The average Bonchev–Trinajstić information content (AvgIpc) is 2.58. The number of carbonyl (C=O) groups excluding carboxylic acids is 1. The second kappa shape index (κ2) is 7.30. The number of benzene rings is 2. The van der Waals surface area contributed by atoms with Gasteiger partial charge in [-0.05, 0) is 43.7 Å². The highest BCUT2D eigenvalue weighted by Crippen LogP contribution is 2.18. The van der Waals surface area contributed by atoms with Gasteiger partial charge in [0.05, 0.1) is 15.6 Å². The number of nitrogens with one attached hydrogen (secondary N) is 1. The van der Waals surface area contributed by atoms with Crippen molar-refractivity contribution in [1.29, 1.82) is 0 Å². The van der Waals surface area contributed by atoms with Crippen LogP contribution in [0.25, 0.3) is 0 Å². The molecule has 2 aromatic carbocycles. The zero-order valence-electron chi connectivity index (χ0n) is 13.4. The number of hydrogen-bond acceptors (Lipinski definition) is 6. The number of aryl methyl sites for hydroxylation is 1. The molecule has 2 rings (SSSR count). The normalized spacial score (nSPS) is 11.0. The van der Waals surface area contributed by atoms with Crippen LogP contribution in [0.3, 0.4) is 0 Å². The monoisotopic (exact) mass is 342 g/mol. The maximum Gasteiger partial charge on any atom is 0.272 e. The maximum atomic E-state index is 12.1. The van der Waals surface area contributed by atoms with Crippen LogP contribution in [0.15, 0.2) is 47.6 Å². The number of hydrazone groups is 1. The molecule has 0 heterocycles. The third-order valence-electron chi connectivity index (χ3n) is 3.48. The molecule has 25 heavy (non-hydrogen) atoms. The molecule has 0 aromatic heterocycles. The van der Waals surface area contributed by atoms with Crippen LogP contribution in [0.1, 0.15) is 28.4 Å². The van der Waals surface area contributed by atoms with Crippen molar-refractivity contribution in [1.82, 2.24) is 5.43 Å². The summed E-state index contributed by atoms with van der Waals surface area (Å²) in [5.74, 6) is -0.515. The quantitative estimate of drug-likeness (QED) is 0.507. The average molecular weight is 342 g/mol. The fourth-order valence-corrected chi connectivity index (χ4v) is 2.09. The molecule has 1 N–H and O–H groups in total. The Hall–Kier alpha value is -3.62. The van der Waals surface area contributed by atoms with Crippen LogP contribution < -0.4 is 5.43 Å². The number of rotatable bonds is 5. The number of nitro benzene ring substituents is 2. The largest absolute Gasteiger partial charge is 0.272 e. The van der Waals surface area contributed by atoms with Crippen LogP contribution in [0.4, 0.5) is 11.4 Å². The molecule has 0 unspecified atom stereocenters. The highest BCUT2D eigenvalue weighted by Gasteiger charge is 2.13. The van der Waals surface area contributed by atoms with Crippen molar-refractivity contribution >= 4 is 23.0 Å². The summed E-state index contributed by atoms with van der Waals surface area (Å²) in [6.07, 6.45) is 0. The summed E-state index contributed by atoms with van der Waals surface area (Å²) >= 11 is 0. The molecular weight excluding hydrogens is 328 g/mol. The molecule has 0 aliphatic carbocycles. The van der Waals surface area contributed by atoms with Crippen molar-refractivity contribution in [3.63, 3.8) is 0 Å². The van der Waals surface area contributed by atoms with Crippen molar-refractivity contribution in [3.8, 4) is 0 Å². The SMILES string of the molecule is C/C(=N\NC(=O)c1ccc([N+](=O)[O-])c(C)c1)c1ccc([N+](=O)[O-])cc1. The van der Waals surface area contributed by atoms with Crippen molar-refractivity contribution in [2.24, 2.45) is 5.10 Å². The summed E-state index contributed by atoms with van der Waals surface area (Å²) in [6, 6.07) is 9.75. The van der Waals surface area contributed by atoms with Gasteiger partial charge in [0.15, 0.2) is 0 Å². The van der Waals surface area contributed by atoms with Gasteiger partial charge >= 0.3 is 0 Å². The first-order valence-electron chi connectivity index (χ1n) is 7.14. The highest BCUT2D eigenvalue weighted by molar-refractivity contribution is 6.01. The van der Waals surface area contributed by atoms with Gasteiger partial charge in [-0.3, -0.25) is 25.0 Å². The third-order valence-corrected chi connectivity index (χ3v) is 3.48. The van der Waals surface area contributed by atoms with Crippen LogP contribution in [0, 0.1) is 27.2 Å². The Kier molecular flexibility index (Phi) is 5.18. The first-order valence-corrected chi connectivity index (χ1v) is 7.14. The lowest BCUT2D eigenvalue weighted by Gasteiger charge is -2.04. The lowest BCUT2D eigenvalue weighted by molar-refractivity contribution is -0.385. The number of amides is 1. The Labute approximate surface area is 142 Å². The minimum Gasteiger partial charge on any atom is -0.267 e. The van der Waals surface area contributed by atoms with Gasteiger partial charge in [-0.2, -0.15) is 5.10 Å². The number of nitro groups is 2. The molecular formula is C16H14N4O5. The Morgan fingerprint density at radius 1 is 1.00 bits per heavy atom. The minimum absolute atomic E-state index is 0.0399. The molecule has 0 bridgehead atoms. The van der Waals surface area contributed by atoms with E-state index in [2.05, 4.69) is 10.5 Å². The van der Waals surface area contributed by atoms with Gasteiger partial charge in [0, 0.05) is 29.3 Å². The van der Waals surface area contributed by atoms with Gasteiger partial charge in [0.2, 0.25) is 0 Å². The molecule has 9 nitrogen and oxygen atoms in total. The molecule has 9 heteroatoms. The summed E-state index contributed by atoms with van der Waals surface area (Å²) in [4.78, 5) is 32.5. The van der Waals surface area contributed by atoms with E-state index in [0.29, 0.717) is 16.8 Å². The number of nitrogens with zero attached hydrogens (tertiary/aromatic N) is 3. The predicted octanol–water partition coefficient (Wildman–Crippen LogP) is 2.97. The van der Waals surface area contributed by atoms with Crippen molar-refractivity contribution in [2.75, 3.05) is 0 Å². The summed E-state index contributed by atoms with van der Waals surface area (Å²) in [5, 5.41) is 25.4. The zero-order valence-corrected chi connectivity index (χ0v) is 13.4. The molecule has 0 saturated carbocycles. The Morgan fingerprint density at radius 3 is 2.12 bits per heavy atom. The Bertz CT molecular complexity index is 875. The van der Waals surface area contributed by atoms with E-state index in [0.717, 1.165) is 0 Å². The van der Waals surface area contributed by atoms with Crippen molar-refractivity contribution in [3.05, 3.63) is 79.4 Å². The van der Waals surface area contributed by atoms with Gasteiger partial charge in [0.25, 0.3) is 17.3 Å². The van der Waals surface area contributed by atoms with Crippen molar-refractivity contribution < 1.29 is 14.6 Å². The summed E-state index contributed by atoms with van der Waals surface area (Å²) in [7, 11) is 0. The van der Waals surface area contributed by atoms with Gasteiger partial charge in [-0.1, -0.05) is 0 Å². The van der Waals surface area contributed by atoms with E-state index in [1.165, 1.54) is 42.5 Å². The van der Waals surface area contributed by atoms with Gasteiger partial charge < -0.3 is 0 Å². The van der Waals surface area contributed by atoms with E-state index in [1.807, 2.05) is 0 Å². The van der Waals surface area contributed by atoms with Gasteiger partial charge in [-0.25, -0.2) is 5.43 Å². The highest BCUT2D eigenvalue weighted by atomic mass is 16.6. The number of carbonyl (C=O) groups is 1. The maximum absolute atomic E-state index is 12.1. The van der Waals surface area contributed by atoms with Crippen molar-refractivity contribution in [2.45, 2.75) is 13.8 Å². The van der Waals surface area contributed by atoms with Crippen LogP contribution in [-0.2, 0) is 0 Å². The molecule has 0 atom stereocenters. The number of hydrogen-bond donors (Lipinski definition) is 1. The summed E-state index contributed by atoms with van der Waals surface area (Å²) in [5.41, 5.74) is 3.93. The first kappa shape index (κ1) is 17.7. The van der Waals surface area contributed by atoms with E-state index < -0.39 is 15.8 Å². The van der Waals surface area contributed by atoms with E-state index in [4.69, 9.17) is 0 Å². The smallest absolute Gasteiger partial charge is 0.267 e. The molecule has 2 aromatic rings. The Morgan fingerprint density at radius 2 is 1.60 bits per heavy atom. The molecule has 0 radical (unpaired) electrons. The van der Waals surface area contributed by atoms with Crippen LogP contribution in [-0.4, -0.2) is 21.5 Å². The topological polar surface area (TPSA) is 128 Å². The molecule has 0 spiro atoms. The second-order valence-corrected chi connectivity index (χ2v) is 5.20. The summed E-state index contributed by atoms with van der Waals surface area (Å²) < 4.78 is 0. The van der Waals surface area contributed by atoms with Crippen LogP contribution in [0.2, 0.25) is 0 Å². The molecule has 0 aliphatic rings. The van der Waals surface area contributed by atoms with E-state index in [1.54, 1.807) is 13.8 Å². The van der Waals surface area contributed by atoms with E-state index in [9.17, 15) is 25.0 Å². The minimum atomic E-state index is -0.520. The fraction of sp³-hybridized carbons (Fsp3) is 0.125. The molecule has 128 valence electrons. The van der Waals surface area contributed by atoms with Crippen LogP contribution in [0.5, 0.6) is 0 Å². The molecule has 0 aliphatic heterocycles. The predicted molar refractivity (Wildman–Crippen MR) is 90.6 cm³/mol. The van der Waals surface area contributed by atoms with Gasteiger partial charge in [0.1, 0.15) is 0 Å². The lowest BCUT2D eigenvalue weighted by atomic mass is 10.1. The zero-order chi connectivity index (χ0) is 18.6. The third kappa shape index (κ3) is 4.22. The molecule has 1 amide bonds.